The van der Waals surface area contributed by atoms with Crippen LogP contribution in [0, 0.1) is 5.41 Å². The molecular weight excluding hydrogens is 334 g/mol. The zero-order chi connectivity index (χ0) is 18.6. The Morgan fingerprint density at radius 1 is 1.15 bits per heavy atom. The summed E-state index contributed by atoms with van der Waals surface area (Å²) in [5.74, 6) is 0.496. The Morgan fingerprint density at radius 3 is 2.58 bits per heavy atom. The van der Waals surface area contributed by atoms with E-state index in [4.69, 9.17) is 9.47 Å². The van der Waals surface area contributed by atoms with Gasteiger partial charge in [-0.3, -0.25) is 14.6 Å². The van der Waals surface area contributed by atoms with E-state index < -0.39 is 5.41 Å². The number of ether oxygens (including phenoxy) is 2. The number of nitrogens with one attached hydrogen (secondary N) is 2. The predicted octanol–water partition coefficient (Wildman–Crippen LogP) is 2.13. The normalized spacial score (nSPS) is 14.2. The van der Waals surface area contributed by atoms with Crippen molar-refractivity contribution in [3.63, 3.8) is 0 Å². The Kier molecular flexibility index (Phi) is 5.06. The molecule has 136 valence electrons. The quantitative estimate of drug-likeness (QED) is 0.743. The molecule has 0 spiro atoms. The number of aromatic nitrogens is 1. The summed E-state index contributed by atoms with van der Waals surface area (Å²) in [6.07, 6.45) is 4.40. The van der Waals surface area contributed by atoms with E-state index in [0.717, 1.165) is 5.56 Å². The van der Waals surface area contributed by atoms with E-state index in [2.05, 4.69) is 15.6 Å². The molecular formula is C19H21N3O4. The lowest BCUT2D eigenvalue weighted by atomic mass is 10.0. The lowest BCUT2D eigenvalue weighted by molar-refractivity contribution is -0.134. The first-order chi connectivity index (χ1) is 12.6. The number of pyridine rings is 1. The summed E-state index contributed by atoms with van der Waals surface area (Å²) in [7, 11) is 3.07. The van der Waals surface area contributed by atoms with E-state index in [1.165, 1.54) is 7.11 Å². The van der Waals surface area contributed by atoms with Crippen LogP contribution >= 0.6 is 0 Å². The summed E-state index contributed by atoms with van der Waals surface area (Å²) in [4.78, 5) is 29.3. The Hall–Kier alpha value is -3.09. The van der Waals surface area contributed by atoms with Gasteiger partial charge in [-0.05, 0) is 36.6 Å². The largest absolute Gasteiger partial charge is 0.497 e. The van der Waals surface area contributed by atoms with Crippen LogP contribution in [0.25, 0.3) is 0 Å². The molecule has 1 aliphatic rings. The van der Waals surface area contributed by atoms with Gasteiger partial charge >= 0.3 is 0 Å². The van der Waals surface area contributed by atoms with Crippen molar-refractivity contribution in [2.75, 3.05) is 19.5 Å². The lowest BCUT2D eigenvalue weighted by Gasteiger charge is -2.17. The maximum Gasteiger partial charge on any atom is 0.240 e. The summed E-state index contributed by atoms with van der Waals surface area (Å²) in [5.41, 5.74) is 0.367. The zero-order valence-corrected chi connectivity index (χ0v) is 14.7. The van der Waals surface area contributed by atoms with Crippen molar-refractivity contribution < 1.29 is 19.1 Å². The van der Waals surface area contributed by atoms with Crippen LogP contribution in [0.1, 0.15) is 18.4 Å². The number of hydrogen-bond donors (Lipinski definition) is 2. The molecule has 0 aliphatic heterocycles. The Morgan fingerprint density at radius 2 is 1.96 bits per heavy atom. The third-order valence-electron chi connectivity index (χ3n) is 4.45. The maximum absolute atomic E-state index is 12.7. The smallest absolute Gasteiger partial charge is 0.240 e. The number of methoxy groups -OCH3 is 2. The molecule has 1 saturated carbocycles. The van der Waals surface area contributed by atoms with E-state index in [-0.39, 0.29) is 11.8 Å². The Bertz CT molecular complexity index is 804. The fourth-order valence-corrected chi connectivity index (χ4v) is 2.68. The van der Waals surface area contributed by atoms with Crippen LogP contribution in [0.5, 0.6) is 11.5 Å². The summed E-state index contributed by atoms with van der Waals surface area (Å²) in [6.45, 7) is 0.341. The molecule has 0 unspecified atom stereocenters. The molecule has 0 bridgehead atoms. The number of hydrogen-bond acceptors (Lipinski definition) is 5. The molecule has 7 heteroatoms. The van der Waals surface area contributed by atoms with Crippen molar-refractivity contribution in [2.24, 2.45) is 5.41 Å². The molecule has 3 rings (SSSR count). The number of nitrogens with zero attached hydrogens (tertiary/aromatic N) is 1. The van der Waals surface area contributed by atoms with Gasteiger partial charge in [0.1, 0.15) is 16.9 Å². The molecule has 1 heterocycles. The average molecular weight is 355 g/mol. The van der Waals surface area contributed by atoms with Crippen LogP contribution in [0.2, 0.25) is 0 Å². The van der Waals surface area contributed by atoms with Gasteiger partial charge in [-0.15, -0.1) is 0 Å². The number of amides is 2. The first-order valence-electron chi connectivity index (χ1n) is 8.30. The topological polar surface area (TPSA) is 89.5 Å². The van der Waals surface area contributed by atoms with Crippen molar-refractivity contribution >= 4 is 17.5 Å². The summed E-state index contributed by atoms with van der Waals surface area (Å²) in [6, 6.07) is 8.77. The summed E-state index contributed by atoms with van der Waals surface area (Å²) in [5, 5.41) is 5.63. The third-order valence-corrected chi connectivity index (χ3v) is 4.45. The average Bonchev–Trinajstić information content (AvgIpc) is 3.49. The highest BCUT2D eigenvalue weighted by atomic mass is 16.5. The maximum atomic E-state index is 12.7. The van der Waals surface area contributed by atoms with Crippen LogP contribution < -0.4 is 20.1 Å². The molecule has 1 fully saturated rings. The van der Waals surface area contributed by atoms with Gasteiger partial charge in [0, 0.05) is 25.0 Å². The summed E-state index contributed by atoms with van der Waals surface area (Å²) < 4.78 is 10.4. The fourth-order valence-electron chi connectivity index (χ4n) is 2.68. The standard InChI is InChI=1S/C19H21N3O4/c1-25-14-5-6-15(16(10-14)26-2)22-18(24)19(7-8-19)17(23)21-12-13-4-3-9-20-11-13/h3-6,9-11H,7-8,12H2,1-2H3,(H,21,23)(H,22,24). The first-order valence-corrected chi connectivity index (χ1v) is 8.30. The van der Waals surface area contributed by atoms with E-state index in [9.17, 15) is 9.59 Å². The van der Waals surface area contributed by atoms with Crippen LogP contribution in [-0.4, -0.2) is 31.0 Å². The van der Waals surface area contributed by atoms with E-state index in [1.807, 2.05) is 6.07 Å². The van der Waals surface area contributed by atoms with Crippen molar-refractivity contribution in [3.05, 3.63) is 48.3 Å². The minimum Gasteiger partial charge on any atom is -0.497 e. The van der Waals surface area contributed by atoms with Gasteiger partial charge in [0.2, 0.25) is 11.8 Å². The highest BCUT2D eigenvalue weighted by molar-refractivity contribution is 6.13. The van der Waals surface area contributed by atoms with Gasteiger partial charge in [0.05, 0.1) is 19.9 Å². The molecule has 7 nitrogen and oxygen atoms in total. The highest BCUT2D eigenvalue weighted by Gasteiger charge is 2.56. The number of anilines is 1. The molecule has 2 aromatic rings. The number of carbonyl (C=O) groups excluding carboxylic acids is 2. The van der Waals surface area contributed by atoms with Crippen molar-refractivity contribution in [2.45, 2.75) is 19.4 Å². The van der Waals surface area contributed by atoms with Gasteiger partial charge in [0.25, 0.3) is 0 Å². The Balaban J connectivity index is 1.66. The Labute approximate surface area is 151 Å². The van der Waals surface area contributed by atoms with Gasteiger partial charge in [0.15, 0.2) is 0 Å². The van der Waals surface area contributed by atoms with Crippen molar-refractivity contribution in [1.29, 1.82) is 0 Å². The first kappa shape index (κ1) is 17.7. The highest BCUT2D eigenvalue weighted by Crippen LogP contribution is 2.47. The number of rotatable bonds is 7. The second-order valence-corrected chi connectivity index (χ2v) is 6.15. The van der Waals surface area contributed by atoms with E-state index in [0.29, 0.717) is 36.6 Å². The molecule has 1 aliphatic carbocycles. The minimum absolute atomic E-state index is 0.272. The molecule has 1 aromatic carbocycles. The lowest BCUT2D eigenvalue weighted by Crippen LogP contribution is -2.39. The van der Waals surface area contributed by atoms with Gasteiger partial charge < -0.3 is 20.1 Å². The van der Waals surface area contributed by atoms with Gasteiger partial charge in [-0.25, -0.2) is 0 Å². The molecule has 0 radical (unpaired) electrons. The van der Waals surface area contributed by atoms with Crippen LogP contribution in [0.15, 0.2) is 42.7 Å². The third kappa shape index (κ3) is 3.61. The van der Waals surface area contributed by atoms with Crippen molar-refractivity contribution in [1.82, 2.24) is 10.3 Å². The van der Waals surface area contributed by atoms with Crippen LogP contribution in [-0.2, 0) is 16.1 Å². The molecule has 0 atom stereocenters. The zero-order valence-electron chi connectivity index (χ0n) is 14.7. The second-order valence-electron chi connectivity index (χ2n) is 6.15. The van der Waals surface area contributed by atoms with Crippen LogP contribution in [0.3, 0.4) is 0 Å². The fraction of sp³-hybridized carbons (Fsp3) is 0.316. The van der Waals surface area contributed by atoms with Crippen LogP contribution in [0.4, 0.5) is 5.69 Å². The SMILES string of the molecule is COc1ccc(NC(=O)C2(C(=O)NCc3cccnc3)CC2)c(OC)c1. The van der Waals surface area contributed by atoms with E-state index >= 15 is 0 Å². The molecule has 1 aromatic heterocycles. The molecule has 0 saturated heterocycles. The molecule has 2 amide bonds. The summed E-state index contributed by atoms with van der Waals surface area (Å²) >= 11 is 0. The second kappa shape index (κ2) is 7.43. The van der Waals surface area contributed by atoms with Gasteiger partial charge in [-0.1, -0.05) is 6.07 Å². The predicted molar refractivity (Wildman–Crippen MR) is 95.9 cm³/mol. The molecule has 2 N–H and O–H groups in total. The molecule has 26 heavy (non-hydrogen) atoms. The minimum atomic E-state index is -1.02. The van der Waals surface area contributed by atoms with Crippen molar-refractivity contribution in [3.8, 4) is 11.5 Å². The van der Waals surface area contributed by atoms with Gasteiger partial charge in [-0.2, -0.15) is 0 Å². The monoisotopic (exact) mass is 355 g/mol. The van der Waals surface area contributed by atoms with E-state index in [1.54, 1.807) is 43.8 Å². The number of benzene rings is 1. The number of carbonyl (C=O) groups is 2.